The van der Waals surface area contributed by atoms with Crippen LogP contribution in [0.25, 0.3) is 0 Å². The molecule has 3 aromatic carbocycles. The van der Waals surface area contributed by atoms with Crippen molar-refractivity contribution < 1.29 is 0 Å². The van der Waals surface area contributed by atoms with Crippen LogP contribution in [0.5, 0.6) is 0 Å². The molecule has 240 valence electrons. The molecule has 3 heterocycles. The Kier molecular flexibility index (Phi) is 13.1. The first-order valence-corrected chi connectivity index (χ1v) is 15.7. The smallest absolute Gasteiger partial charge is 0.0922 e. The van der Waals surface area contributed by atoms with Gasteiger partial charge in [0, 0.05) is 65.8 Å². The summed E-state index contributed by atoms with van der Waals surface area (Å²) in [6, 6.07) is 26.5. The summed E-state index contributed by atoms with van der Waals surface area (Å²) in [6.07, 6.45) is 10.6. The second-order valence-electron chi connectivity index (χ2n) is 11.0. The van der Waals surface area contributed by atoms with Crippen molar-refractivity contribution in [3.63, 3.8) is 0 Å². The second kappa shape index (κ2) is 17.7. The molecule has 0 radical (unpaired) electrons. The van der Waals surface area contributed by atoms with Crippen LogP contribution < -0.4 is 14.7 Å². The van der Waals surface area contributed by atoms with E-state index in [0.717, 1.165) is 58.1 Å². The van der Waals surface area contributed by atoms with Crippen molar-refractivity contribution in [3.8, 4) is 0 Å². The van der Waals surface area contributed by atoms with Crippen LogP contribution in [-0.2, 0) is 19.6 Å². The molecule has 11 heteroatoms. The van der Waals surface area contributed by atoms with Gasteiger partial charge in [0.1, 0.15) is 0 Å². The maximum Gasteiger partial charge on any atom is 0.0922 e. The van der Waals surface area contributed by atoms with E-state index in [4.69, 9.17) is 23.2 Å². The molecule has 3 N–H and O–H groups in total. The number of rotatable bonds is 10. The van der Waals surface area contributed by atoms with E-state index in [-0.39, 0.29) is 0 Å². The molecule has 0 amide bonds. The van der Waals surface area contributed by atoms with Gasteiger partial charge in [-0.2, -0.15) is 0 Å². The summed E-state index contributed by atoms with van der Waals surface area (Å²) in [5.74, 6) is 0. The van der Waals surface area contributed by atoms with E-state index in [1.807, 2.05) is 87.3 Å². The van der Waals surface area contributed by atoms with Crippen LogP contribution in [0.15, 0.2) is 116 Å². The summed E-state index contributed by atoms with van der Waals surface area (Å²) in [4.78, 5) is 27.9. The van der Waals surface area contributed by atoms with Gasteiger partial charge in [0.15, 0.2) is 0 Å². The minimum absolute atomic E-state index is 0.464. The van der Waals surface area contributed by atoms with Crippen molar-refractivity contribution in [3.05, 3.63) is 144 Å². The minimum Gasteiger partial charge on any atom is -0.369 e. The molecule has 0 atom stereocenters. The average Bonchev–Trinajstić information content (AvgIpc) is 3.87. The molecule has 0 fully saturated rings. The Balaban J connectivity index is 0.000000157. The molecule has 0 aliphatic carbocycles. The molecule has 6 aromatic rings. The van der Waals surface area contributed by atoms with Crippen LogP contribution in [0.4, 0.5) is 17.1 Å². The maximum atomic E-state index is 5.92. The molecule has 3 aromatic heterocycles. The van der Waals surface area contributed by atoms with Gasteiger partial charge in [-0.3, -0.25) is 0 Å². The predicted octanol–water partition coefficient (Wildman–Crippen LogP) is 8.22. The fourth-order valence-electron chi connectivity index (χ4n) is 4.59. The zero-order valence-electron chi connectivity index (χ0n) is 26.6. The first-order valence-electron chi connectivity index (χ1n) is 15.0. The van der Waals surface area contributed by atoms with Crippen LogP contribution in [0.3, 0.4) is 0 Å². The van der Waals surface area contributed by atoms with E-state index in [1.165, 1.54) is 5.69 Å². The Morgan fingerprint density at radius 2 is 1.07 bits per heavy atom. The normalized spacial score (nSPS) is 10.4. The second-order valence-corrected chi connectivity index (χ2v) is 11.8. The number of aromatic nitrogens is 6. The SMILES string of the molecule is CC(C)N(Cc1cnc[nH]1)c1ccccc1.CN(Cc1cnc[nH]1)c1ccc(Cl)cc1.CN(Cc1cnc[nH]1)c1cccc(Cl)c1. The van der Waals surface area contributed by atoms with E-state index >= 15 is 0 Å². The van der Waals surface area contributed by atoms with Gasteiger partial charge in [0.25, 0.3) is 0 Å². The number of nitrogens with zero attached hydrogens (tertiary/aromatic N) is 6. The van der Waals surface area contributed by atoms with Gasteiger partial charge in [-0.1, -0.05) is 47.5 Å². The molecule has 0 unspecified atom stereocenters. The highest BCUT2D eigenvalue weighted by atomic mass is 35.5. The minimum atomic E-state index is 0.464. The maximum absolute atomic E-state index is 5.92. The Morgan fingerprint density at radius 3 is 1.54 bits per heavy atom. The zero-order chi connectivity index (χ0) is 32.7. The van der Waals surface area contributed by atoms with E-state index in [2.05, 4.69) is 82.7 Å². The molecular formula is C35H41Cl2N9. The Hall–Kier alpha value is -4.73. The van der Waals surface area contributed by atoms with Gasteiger partial charge in [-0.25, -0.2) is 15.0 Å². The third-order valence-corrected chi connectivity index (χ3v) is 7.53. The lowest BCUT2D eigenvalue weighted by molar-refractivity contribution is 0.675. The standard InChI is InChI=1S/C13H17N3.2C11H12ClN3/c1-11(2)16(9-12-8-14-10-15-12)13-6-4-3-5-7-13;1-15(7-10-6-13-8-14-10)11-4-2-9(12)3-5-11;1-15(7-10-6-13-8-14-10)11-4-2-3-9(12)5-11/h3-8,10-11H,9H2,1-2H3,(H,14,15);2*2-6,8H,7H2,1H3,(H,13,14). The van der Waals surface area contributed by atoms with Gasteiger partial charge in [-0.15, -0.1) is 0 Å². The molecule has 0 saturated heterocycles. The van der Waals surface area contributed by atoms with Crippen molar-refractivity contribution in [2.45, 2.75) is 39.5 Å². The number of imidazole rings is 3. The lowest BCUT2D eigenvalue weighted by Crippen LogP contribution is -2.30. The van der Waals surface area contributed by atoms with E-state index < -0.39 is 0 Å². The molecule has 0 bridgehead atoms. The Labute approximate surface area is 281 Å². The largest absolute Gasteiger partial charge is 0.369 e. The highest BCUT2D eigenvalue weighted by Crippen LogP contribution is 2.20. The van der Waals surface area contributed by atoms with Crippen LogP contribution >= 0.6 is 23.2 Å². The predicted molar refractivity (Wildman–Crippen MR) is 191 cm³/mol. The van der Waals surface area contributed by atoms with Crippen LogP contribution in [-0.4, -0.2) is 50.0 Å². The van der Waals surface area contributed by atoms with Crippen LogP contribution in [0.1, 0.15) is 30.9 Å². The summed E-state index contributed by atoms with van der Waals surface area (Å²) in [7, 11) is 4.05. The number of halogens is 2. The number of nitrogens with one attached hydrogen (secondary N) is 3. The molecule has 0 aliphatic rings. The molecule has 0 spiro atoms. The van der Waals surface area contributed by atoms with Gasteiger partial charge in [0.2, 0.25) is 0 Å². The Bertz CT molecular complexity index is 1640. The number of hydrogen-bond acceptors (Lipinski definition) is 6. The highest BCUT2D eigenvalue weighted by Gasteiger charge is 2.11. The molecular weight excluding hydrogens is 617 g/mol. The first-order chi connectivity index (χ1) is 22.3. The molecule has 6 rings (SSSR count). The summed E-state index contributed by atoms with van der Waals surface area (Å²) < 4.78 is 0. The highest BCUT2D eigenvalue weighted by molar-refractivity contribution is 6.31. The quantitative estimate of drug-likeness (QED) is 0.137. The van der Waals surface area contributed by atoms with Crippen molar-refractivity contribution in [2.24, 2.45) is 0 Å². The van der Waals surface area contributed by atoms with Gasteiger partial charge >= 0.3 is 0 Å². The average molecular weight is 659 g/mol. The third-order valence-electron chi connectivity index (χ3n) is 7.05. The van der Waals surface area contributed by atoms with Crippen molar-refractivity contribution >= 4 is 40.3 Å². The summed E-state index contributed by atoms with van der Waals surface area (Å²) in [6.45, 7) is 6.86. The van der Waals surface area contributed by atoms with Crippen LogP contribution in [0.2, 0.25) is 10.0 Å². The Morgan fingerprint density at radius 1 is 0.565 bits per heavy atom. The lowest BCUT2D eigenvalue weighted by Gasteiger charge is -2.28. The van der Waals surface area contributed by atoms with Gasteiger partial charge in [-0.05, 0) is 68.4 Å². The number of para-hydroxylation sites is 1. The van der Waals surface area contributed by atoms with Crippen molar-refractivity contribution in [2.75, 3.05) is 28.8 Å². The topological polar surface area (TPSA) is 95.8 Å². The number of hydrogen-bond donors (Lipinski definition) is 3. The van der Waals surface area contributed by atoms with E-state index in [1.54, 1.807) is 19.0 Å². The lowest BCUT2D eigenvalue weighted by atomic mass is 10.2. The van der Waals surface area contributed by atoms with Crippen molar-refractivity contribution in [1.82, 2.24) is 29.9 Å². The molecule has 46 heavy (non-hydrogen) atoms. The number of H-pyrrole nitrogens is 3. The monoisotopic (exact) mass is 657 g/mol. The van der Waals surface area contributed by atoms with Crippen LogP contribution in [0, 0.1) is 0 Å². The third kappa shape index (κ3) is 11.0. The van der Waals surface area contributed by atoms with Crippen molar-refractivity contribution in [1.29, 1.82) is 0 Å². The zero-order valence-corrected chi connectivity index (χ0v) is 28.1. The van der Waals surface area contributed by atoms with E-state index in [9.17, 15) is 0 Å². The van der Waals surface area contributed by atoms with Gasteiger partial charge < -0.3 is 29.7 Å². The number of anilines is 3. The molecule has 0 saturated carbocycles. The fraction of sp³-hybridized carbons (Fsp3) is 0.229. The number of benzene rings is 3. The van der Waals surface area contributed by atoms with Gasteiger partial charge in [0.05, 0.1) is 55.7 Å². The summed E-state index contributed by atoms with van der Waals surface area (Å²) in [5, 5.41) is 1.51. The number of aromatic amines is 3. The van der Waals surface area contributed by atoms with E-state index in [0.29, 0.717) is 6.04 Å². The first kappa shape index (κ1) is 34.1. The summed E-state index contributed by atoms with van der Waals surface area (Å²) >= 11 is 11.7. The molecule has 9 nitrogen and oxygen atoms in total. The fourth-order valence-corrected chi connectivity index (χ4v) is 4.90. The molecule has 0 aliphatic heterocycles. The summed E-state index contributed by atoms with van der Waals surface area (Å²) in [5.41, 5.74) is 6.78.